The highest BCUT2D eigenvalue weighted by molar-refractivity contribution is 7.22. The van der Waals surface area contributed by atoms with Crippen molar-refractivity contribution in [3.63, 3.8) is 0 Å². The predicted molar refractivity (Wildman–Crippen MR) is 108 cm³/mol. The number of allylic oxidation sites excluding steroid dienone is 1. The molecule has 0 spiro atoms. The predicted octanol–water partition coefficient (Wildman–Crippen LogP) is 6.48. The average Bonchev–Trinajstić information content (AvgIpc) is 3.03. The molecular weight excluding hydrogens is 328 g/mol. The van der Waals surface area contributed by atoms with Gasteiger partial charge in [-0.1, -0.05) is 6.08 Å². The summed E-state index contributed by atoms with van der Waals surface area (Å²) < 4.78 is 12.0. The Morgan fingerprint density at radius 1 is 0.960 bits per heavy atom. The number of aryl methyl sites for hydroxylation is 1. The second-order valence-electron chi connectivity index (χ2n) is 6.03. The molecule has 0 bridgehead atoms. The van der Waals surface area contributed by atoms with Gasteiger partial charge in [0, 0.05) is 9.58 Å². The van der Waals surface area contributed by atoms with E-state index in [-0.39, 0.29) is 0 Å². The van der Waals surface area contributed by atoms with E-state index in [2.05, 4.69) is 36.9 Å². The van der Waals surface area contributed by atoms with Crippen molar-refractivity contribution in [2.24, 2.45) is 0 Å². The largest absolute Gasteiger partial charge is 0.497 e. The molecule has 0 atom stereocenters. The smallest absolute Gasteiger partial charge is 0.120 e. The highest BCUT2D eigenvalue weighted by Gasteiger charge is 2.14. The van der Waals surface area contributed by atoms with Gasteiger partial charge in [-0.25, -0.2) is 0 Å². The van der Waals surface area contributed by atoms with Crippen LogP contribution in [-0.4, -0.2) is 14.2 Å². The van der Waals surface area contributed by atoms with Crippen LogP contribution in [0, 0.1) is 0 Å². The van der Waals surface area contributed by atoms with Crippen LogP contribution in [0.15, 0.2) is 55.1 Å². The Kier molecular flexibility index (Phi) is 5.77. The second kappa shape index (κ2) is 8.21. The van der Waals surface area contributed by atoms with E-state index in [1.165, 1.54) is 38.9 Å². The van der Waals surface area contributed by atoms with Crippen molar-refractivity contribution < 1.29 is 9.47 Å². The average molecular weight is 352 g/mol. The number of ether oxygens (including phenoxy) is 2. The van der Waals surface area contributed by atoms with E-state index in [1.54, 1.807) is 14.2 Å². The second-order valence-corrected chi connectivity index (χ2v) is 7.09. The first kappa shape index (κ1) is 17.6. The van der Waals surface area contributed by atoms with Gasteiger partial charge in [-0.05, 0) is 84.7 Å². The lowest BCUT2D eigenvalue weighted by Crippen LogP contribution is -1.88. The molecule has 0 saturated heterocycles. The van der Waals surface area contributed by atoms with Crippen LogP contribution in [0.1, 0.15) is 24.8 Å². The van der Waals surface area contributed by atoms with Crippen LogP contribution in [-0.2, 0) is 6.42 Å². The van der Waals surface area contributed by atoms with Crippen molar-refractivity contribution in [1.29, 1.82) is 0 Å². The molecule has 130 valence electrons. The van der Waals surface area contributed by atoms with Gasteiger partial charge in [0.05, 0.1) is 14.2 Å². The van der Waals surface area contributed by atoms with Gasteiger partial charge in [0.25, 0.3) is 0 Å². The first-order valence-corrected chi connectivity index (χ1v) is 9.43. The number of rotatable bonds is 8. The first-order chi connectivity index (χ1) is 12.3. The van der Waals surface area contributed by atoms with Gasteiger partial charge >= 0.3 is 0 Å². The van der Waals surface area contributed by atoms with Crippen LogP contribution in [0.5, 0.6) is 11.5 Å². The van der Waals surface area contributed by atoms with E-state index in [4.69, 9.17) is 9.47 Å². The third-order valence-electron chi connectivity index (χ3n) is 4.44. The third-order valence-corrected chi connectivity index (χ3v) is 5.68. The summed E-state index contributed by atoms with van der Waals surface area (Å²) in [5.74, 6) is 1.80. The molecule has 0 unspecified atom stereocenters. The molecule has 1 aromatic heterocycles. The SMILES string of the molecule is C=CCCCCc1c(-c2ccc(OC)cc2)sc2cc(OC)ccc12. The number of fused-ring (bicyclic) bond motifs is 1. The van der Waals surface area contributed by atoms with E-state index in [1.807, 2.05) is 29.5 Å². The lowest BCUT2D eigenvalue weighted by Gasteiger charge is -2.06. The lowest BCUT2D eigenvalue weighted by atomic mass is 10.00. The zero-order chi connectivity index (χ0) is 17.6. The van der Waals surface area contributed by atoms with Gasteiger partial charge in [0.2, 0.25) is 0 Å². The zero-order valence-electron chi connectivity index (χ0n) is 14.9. The zero-order valence-corrected chi connectivity index (χ0v) is 15.7. The van der Waals surface area contributed by atoms with Crippen molar-refractivity contribution in [2.45, 2.75) is 25.7 Å². The topological polar surface area (TPSA) is 18.5 Å². The number of unbranched alkanes of at least 4 members (excludes halogenated alkanes) is 2. The normalized spacial score (nSPS) is 10.8. The molecule has 2 nitrogen and oxygen atoms in total. The van der Waals surface area contributed by atoms with Crippen molar-refractivity contribution in [1.82, 2.24) is 0 Å². The maximum absolute atomic E-state index is 5.40. The van der Waals surface area contributed by atoms with Gasteiger partial charge < -0.3 is 9.47 Å². The van der Waals surface area contributed by atoms with E-state index in [9.17, 15) is 0 Å². The minimum absolute atomic E-state index is 0.888. The monoisotopic (exact) mass is 352 g/mol. The van der Waals surface area contributed by atoms with E-state index in [0.29, 0.717) is 0 Å². The fourth-order valence-corrected chi connectivity index (χ4v) is 4.36. The molecule has 0 saturated carbocycles. The summed E-state index contributed by atoms with van der Waals surface area (Å²) >= 11 is 1.84. The molecule has 0 amide bonds. The van der Waals surface area contributed by atoms with Crippen LogP contribution < -0.4 is 9.47 Å². The summed E-state index contributed by atoms with van der Waals surface area (Å²) in [4.78, 5) is 1.35. The fraction of sp³-hybridized carbons (Fsp3) is 0.273. The minimum atomic E-state index is 0.888. The molecule has 0 aliphatic heterocycles. The number of hydrogen-bond donors (Lipinski definition) is 0. The van der Waals surface area contributed by atoms with Gasteiger partial charge in [-0.15, -0.1) is 17.9 Å². The van der Waals surface area contributed by atoms with E-state index >= 15 is 0 Å². The van der Waals surface area contributed by atoms with Crippen LogP contribution in [0.2, 0.25) is 0 Å². The number of thiophene rings is 1. The van der Waals surface area contributed by atoms with Crippen LogP contribution in [0.4, 0.5) is 0 Å². The minimum Gasteiger partial charge on any atom is -0.497 e. The Labute approximate surface area is 153 Å². The van der Waals surface area contributed by atoms with Crippen molar-refractivity contribution >= 4 is 21.4 Å². The summed E-state index contributed by atoms with van der Waals surface area (Å²) in [6.07, 6.45) is 6.52. The molecule has 0 aliphatic rings. The molecule has 0 fully saturated rings. The van der Waals surface area contributed by atoms with Crippen molar-refractivity contribution in [2.75, 3.05) is 14.2 Å². The molecule has 25 heavy (non-hydrogen) atoms. The van der Waals surface area contributed by atoms with Crippen LogP contribution in [0.25, 0.3) is 20.5 Å². The Balaban J connectivity index is 2.02. The van der Waals surface area contributed by atoms with Gasteiger partial charge in [-0.3, -0.25) is 0 Å². The van der Waals surface area contributed by atoms with Crippen molar-refractivity contribution in [3.05, 3.63) is 60.7 Å². The maximum atomic E-state index is 5.40. The van der Waals surface area contributed by atoms with Crippen LogP contribution >= 0.6 is 11.3 Å². The number of hydrogen-bond acceptors (Lipinski definition) is 3. The molecule has 1 heterocycles. The maximum Gasteiger partial charge on any atom is 0.120 e. The summed E-state index contributed by atoms with van der Waals surface area (Å²) in [5.41, 5.74) is 2.69. The van der Waals surface area contributed by atoms with Gasteiger partial charge in [0.1, 0.15) is 11.5 Å². The highest BCUT2D eigenvalue weighted by Crippen LogP contribution is 2.41. The first-order valence-electron chi connectivity index (χ1n) is 8.61. The standard InChI is InChI=1S/C22H24O2S/c1-4-5-6-7-8-20-19-14-13-18(24-3)15-21(19)25-22(20)16-9-11-17(23-2)12-10-16/h4,9-15H,1,5-8H2,2-3H3. The summed E-state index contributed by atoms with van der Waals surface area (Å²) in [5, 5.41) is 1.34. The highest BCUT2D eigenvalue weighted by atomic mass is 32.1. The molecule has 3 rings (SSSR count). The number of methoxy groups -OCH3 is 2. The molecule has 3 heteroatoms. The molecule has 3 aromatic rings. The van der Waals surface area contributed by atoms with E-state index in [0.717, 1.165) is 24.3 Å². The van der Waals surface area contributed by atoms with Crippen molar-refractivity contribution in [3.8, 4) is 21.9 Å². The summed E-state index contributed by atoms with van der Waals surface area (Å²) in [7, 11) is 3.42. The Bertz CT molecular complexity index is 846. The summed E-state index contributed by atoms with van der Waals surface area (Å²) in [6.45, 7) is 3.82. The Hall–Kier alpha value is -2.26. The lowest BCUT2D eigenvalue weighted by molar-refractivity contribution is 0.415. The van der Waals surface area contributed by atoms with Gasteiger partial charge in [0.15, 0.2) is 0 Å². The molecule has 0 radical (unpaired) electrons. The quantitative estimate of drug-likeness (QED) is 0.341. The molecule has 2 aromatic carbocycles. The van der Waals surface area contributed by atoms with E-state index < -0.39 is 0 Å². The summed E-state index contributed by atoms with van der Waals surface area (Å²) in [6, 6.07) is 14.7. The van der Waals surface area contributed by atoms with Gasteiger partial charge in [-0.2, -0.15) is 0 Å². The fourth-order valence-electron chi connectivity index (χ4n) is 3.07. The van der Waals surface area contributed by atoms with Crippen LogP contribution in [0.3, 0.4) is 0 Å². The molecule has 0 aliphatic carbocycles. The third kappa shape index (κ3) is 3.88. The Morgan fingerprint density at radius 2 is 1.68 bits per heavy atom. The molecule has 0 N–H and O–H groups in total. The number of benzene rings is 2. The molecular formula is C22H24O2S. The Morgan fingerprint density at radius 3 is 2.36 bits per heavy atom.